The SMILES string of the molecule is CC(C)NC(=O)C(C)Nc1cncc(N)n1. The summed E-state index contributed by atoms with van der Waals surface area (Å²) in [7, 11) is 0. The molecular formula is C10H17N5O. The normalized spacial score (nSPS) is 12.2. The van der Waals surface area contributed by atoms with Crippen molar-refractivity contribution in [3.8, 4) is 0 Å². The molecular weight excluding hydrogens is 206 g/mol. The lowest BCUT2D eigenvalue weighted by molar-refractivity contribution is -0.122. The summed E-state index contributed by atoms with van der Waals surface area (Å²) in [4.78, 5) is 19.5. The number of carbonyl (C=O) groups is 1. The molecule has 1 aromatic heterocycles. The van der Waals surface area contributed by atoms with Gasteiger partial charge in [-0.15, -0.1) is 0 Å². The maximum atomic E-state index is 11.6. The molecule has 1 amide bonds. The zero-order valence-electron chi connectivity index (χ0n) is 9.69. The number of anilines is 2. The number of carbonyl (C=O) groups excluding carboxylic acids is 1. The summed E-state index contributed by atoms with van der Waals surface area (Å²) in [5, 5.41) is 5.72. The van der Waals surface area contributed by atoms with Crippen LogP contribution in [0.4, 0.5) is 11.6 Å². The van der Waals surface area contributed by atoms with E-state index in [1.54, 1.807) is 6.92 Å². The molecule has 6 heteroatoms. The van der Waals surface area contributed by atoms with Gasteiger partial charge in [0.2, 0.25) is 5.91 Å². The van der Waals surface area contributed by atoms with Gasteiger partial charge in [-0.2, -0.15) is 0 Å². The molecule has 16 heavy (non-hydrogen) atoms. The smallest absolute Gasteiger partial charge is 0.242 e. The first-order chi connectivity index (χ1) is 7.49. The fourth-order valence-corrected chi connectivity index (χ4v) is 1.15. The Morgan fingerprint density at radius 3 is 2.62 bits per heavy atom. The van der Waals surface area contributed by atoms with Crippen molar-refractivity contribution in [2.75, 3.05) is 11.1 Å². The Bertz CT molecular complexity index is 366. The Morgan fingerprint density at radius 1 is 1.38 bits per heavy atom. The van der Waals surface area contributed by atoms with Crippen LogP contribution >= 0.6 is 0 Å². The lowest BCUT2D eigenvalue weighted by Gasteiger charge is -2.16. The molecule has 0 spiro atoms. The average Bonchev–Trinajstić information content (AvgIpc) is 2.16. The molecule has 4 N–H and O–H groups in total. The Kier molecular flexibility index (Phi) is 4.04. The van der Waals surface area contributed by atoms with E-state index in [1.165, 1.54) is 12.4 Å². The summed E-state index contributed by atoms with van der Waals surface area (Å²) in [5.74, 6) is 0.729. The van der Waals surface area contributed by atoms with Gasteiger partial charge in [-0.05, 0) is 20.8 Å². The highest BCUT2D eigenvalue weighted by molar-refractivity contribution is 5.84. The van der Waals surface area contributed by atoms with Crippen LogP contribution < -0.4 is 16.4 Å². The fourth-order valence-electron chi connectivity index (χ4n) is 1.15. The van der Waals surface area contributed by atoms with Crippen LogP contribution in [-0.2, 0) is 4.79 Å². The molecule has 1 atom stereocenters. The highest BCUT2D eigenvalue weighted by Crippen LogP contribution is 2.04. The van der Waals surface area contributed by atoms with Crippen molar-refractivity contribution in [3.05, 3.63) is 12.4 Å². The molecule has 0 aliphatic rings. The van der Waals surface area contributed by atoms with Crippen LogP contribution in [-0.4, -0.2) is 28.0 Å². The molecule has 1 unspecified atom stereocenters. The summed E-state index contributed by atoms with van der Waals surface area (Å²) < 4.78 is 0. The molecule has 0 radical (unpaired) electrons. The molecule has 1 rings (SSSR count). The molecule has 1 heterocycles. The van der Waals surface area contributed by atoms with Crippen molar-refractivity contribution in [2.45, 2.75) is 32.9 Å². The number of amides is 1. The van der Waals surface area contributed by atoms with Crippen molar-refractivity contribution < 1.29 is 4.79 Å². The minimum Gasteiger partial charge on any atom is -0.382 e. The third-order valence-electron chi connectivity index (χ3n) is 1.84. The largest absolute Gasteiger partial charge is 0.382 e. The van der Waals surface area contributed by atoms with Crippen molar-refractivity contribution in [3.63, 3.8) is 0 Å². The molecule has 0 bridgehead atoms. The number of aromatic nitrogens is 2. The number of hydrogen-bond acceptors (Lipinski definition) is 5. The summed E-state index contributed by atoms with van der Waals surface area (Å²) in [6.45, 7) is 5.57. The zero-order chi connectivity index (χ0) is 12.1. The van der Waals surface area contributed by atoms with E-state index < -0.39 is 0 Å². The second-order valence-electron chi connectivity index (χ2n) is 3.86. The lowest BCUT2D eigenvalue weighted by Crippen LogP contribution is -2.41. The molecule has 0 aliphatic heterocycles. The van der Waals surface area contributed by atoms with Crippen molar-refractivity contribution in [1.29, 1.82) is 0 Å². The van der Waals surface area contributed by atoms with Gasteiger partial charge in [-0.3, -0.25) is 9.78 Å². The standard InChI is InChI=1S/C10H17N5O/c1-6(2)13-10(16)7(3)14-9-5-12-4-8(11)15-9/h4-7H,1-3H3,(H,13,16)(H3,11,14,15). The highest BCUT2D eigenvalue weighted by Gasteiger charge is 2.13. The number of nitrogens with two attached hydrogens (primary N) is 1. The van der Waals surface area contributed by atoms with Crippen molar-refractivity contribution in [2.24, 2.45) is 0 Å². The number of nitrogens with zero attached hydrogens (tertiary/aromatic N) is 2. The Balaban J connectivity index is 2.57. The molecule has 1 aromatic rings. The molecule has 0 fully saturated rings. The average molecular weight is 223 g/mol. The van der Waals surface area contributed by atoms with E-state index in [-0.39, 0.29) is 18.0 Å². The topological polar surface area (TPSA) is 92.9 Å². The van der Waals surface area contributed by atoms with Gasteiger partial charge < -0.3 is 16.4 Å². The fraction of sp³-hybridized carbons (Fsp3) is 0.500. The zero-order valence-corrected chi connectivity index (χ0v) is 9.69. The van der Waals surface area contributed by atoms with Gasteiger partial charge in [0.15, 0.2) is 0 Å². The van der Waals surface area contributed by atoms with Crippen LogP contribution in [0.3, 0.4) is 0 Å². The number of nitrogen functional groups attached to an aromatic ring is 1. The second-order valence-corrected chi connectivity index (χ2v) is 3.86. The van der Waals surface area contributed by atoms with E-state index in [4.69, 9.17) is 5.73 Å². The minimum absolute atomic E-state index is 0.0841. The lowest BCUT2D eigenvalue weighted by atomic mass is 10.3. The first kappa shape index (κ1) is 12.2. The quantitative estimate of drug-likeness (QED) is 0.686. The van der Waals surface area contributed by atoms with Gasteiger partial charge >= 0.3 is 0 Å². The first-order valence-electron chi connectivity index (χ1n) is 5.13. The molecule has 88 valence electrons. The summed E-state index contributed by atoms with van der Waals surface area (Å²) in [5.41, 5.74) is 5.48. The number of nitrogens with one attached hydrogen (secondary N) is 2. The summed E-state index contributed by atoms with van der Waals surface area (Å²) in [6, 6.07) is -0.262. The minimum atomic E-state index is -0.376. The van der Waals surface area contributed by atoms with E-state index >= 15 is 0 Å². The van der Waals surface area contributed by atoms with E-state index in [0.717, 1.165) is 0 Å². The van der Waals surface area contributed by atoms with E-state index in [9.17, 15) is 4.79 Å². The monoisotopic (exact) mass is 223 g/mol. The van der Waals surface area contributed by atoms with Crippen molar-refractivity contribution >= 4 is 17.5 Å². The van der Waals surface area contributed by atoms with Gasteiger partial charge in [-0.1, -0.05) is 0 Å². The summed E-state index contributed by atoms with van der Waals surface area (Å²) in [6.07, 6.45) is 2.97. The van der Waals surface area contributed by atoms with Gasteiger partial charge in [-0.25, -0.2) is 4.98 Å². The van der Waals surface area contributed by atoms with E-state index in [2.05, 4.69) is 20.6 Å². The predicted molar refractivity (Wildman–Crippen MR) is 62.8 cm³/mol. The van der Waals surface area contributed by atoms with Crippen LogP contribution in [0.2, 0.25) is 0 Å². The molecule has 0 aromatic carbocycles. The third kappa shape index (κ3) is 3.72. The summed E-state index contributed by atoms with van der Waals surface area (Å²) >= 11 is 0. The molecule has 0 aliphatic carbocycles. The molecule has 6 nitrogen and oxygen atoms in total. The van der Waals surface area contributed by atoms with Crippen LogP contribution in [0.25, 0.3) is 0 Å². The number of hydrogen-bond donors (Lipinski definition) is 3. The maximum absolute atomic E-state index is 11.6. The predicted octanol–water partition coefficient (Wildman–Crippen LogP) is 0.384. The van der Waals surface area contributed by atoms with Crippen LogP contribution in [0, 0.1) is 0 Å². The Morgan fingerprint density at radius 2 is 2.06 bits per heavy atom. The van der Waals surface area contributed by atoms with Crippen LogP contribution in [0.5, 0.6) is 0 Å². The van der Waals surface area contributed by atoms with Gasteiger partial charge in [0.25, 0.3) is 0 Å². The first-order valence-corrected chi connectivity index (χ1v) is 5.13. The van der Waals surface area contributed by atoms with E-state index in [0.29, 0.717) is 11.6 Å². The Hall–Kier alpha value is -1.85. The van der Waals surface area contributed by atoms with Gasteiger partial charge in [0.05, 0.1) is 12.4 Å². The Labute approximate surface area is 94.7 Å². The molecule has 0 saturated carbocycles. The third-order valence-corrected chi connectivity index (χ3v) is 1.84. The van der Waals surface area contributed by atoms with Crippen LogP contribution in [0.15, 0.2) is 12.4 Å². The van der Waals surface area contributed by atoms with Crippen LogP contribution in [0.1, 0.15) is 20.8 Å². The second kappa shape index (κ2) is 5.29. The molecule has 0 saturated heterocycles. The van der Waals surface area contributed by atoms with Crippen molar-refractivity contribution in [1.82, 2.24) is 15.3 Å². The van der Waals surface area contributed by atoms with Gasteiger partial charge in [0, 0.05) is 6.04 Å². The van der Waals surface area contributed by atoms with E-state index in [1.807, 2.05) is 13.8 Å². The van der Waals surface area contributed by atoms with Gasteiger partial charge in [0.1, 0.15) is 17.7 Å². The number of rotatable bonds is 4. The highest BCUT2D eigenvalue weighted by atomic mass is 16.2. The maximum Gasteiger partial charge on any atom is 0.242 e.